The van der Waals surface area contributed by atoms with Crippen LogP contribution < -0.4 is 5.32 Å². The maximum Gasteiger partial charge on any atom is 0.234 e. The molecule has 1 N–H and O–H groups in total. The molecule has 2 aromatic heterocycles. The van der Waals surface area contributed by atoms with Crippen LogP contribution in [0.5, 0.6) is 0 Å². The quantitative estimate of drug-likeness (QED) is 0.628. The monoisotopic (exact) mass is 396 g/mol. The number of hydrogen-bond donors (Lipinski definition) is 1. The van der Waals surface area contributed by atoms with Crippen LogP contribution in [0.4, 0.5) is 0 Å². The fraction of sp³-hybridized carbons (Fsp3) is 0.364. The summed E-state index contributed by atoms with van der Waals surface area (Å²) >= 11 is 1.72. The Bertz CT molecular complexity index is 902. The summed E-state index contributed by atoms with van der Waals surface area (Å²) in [5.41, 5.74) is 4.38. The van der Waals surface area contributed by atoms with Crippen LogP contribution in [0, 0.1) is 13.8 Å². The third kappa shape index (κ3) is 4.88. The van der Waals surface area contributed by atoms with E-state index >= 15 is 0 Å². The Morgan fingerprint density at radius 3 is 2.64 bits per heavy atom. The predicted molar refractivity (Wildman–Crippen MR) is 114 cm³/mol. The highest BCUT2D eigenvalue weighted by atomic mass is 32.1. The third-order valence-electron chi connectivity index (χ3n) is 5.18. The van der Waals surface area contributed by atoms with Crippen molar-refractivity contribution in [3.8, 4) is 0 Å². The Morgan fingerprint density at radius 2 is 1.96 bits per heavy atom. The fourth-order valence-corrected chi connectivity index (χ4v) is 4.10. The molecule has 5 nitrogen and oxygen atoms in total. The zero-order chi connectivity index (χ0) is 20.1. The molecule has 0 radical (unpaired) electrons. The number of nitrogens with one attached hydrogen (secondary N) is 1. The number of amides is 1. The molecule has 0 saturated heterocycles. The minimum Gasteiger partial charge on any atom is -0.351 e. The van der Waals surface area contributed by atoms with E-state index in [9.17, 15) is 4.79 Å². The molecule has 1 unspecified atom stereocenters. The number of nitrogens with zero attached hydrogens (tertiary/aromatic N) is 3. The molecule has 0 aliphatic heterocycles. The number of carbonyl (C=O) groups is 1. The minimum atomic E-state index is 0.0283. The van der Waals surface area contributed by atoms with Crippen LogP contribution in [0.15, 0.2) is 47.8 Å². The van der Waals surface area contributed by atoms with E-state index in [0.29, 0.717) is 13.1 Å². The lowest BCUT2D eigenvalue weighted by Gasteiger charge is -2.23. The van der Waals surface area contributed by atoms with Gasteiger partial charge in [0.25, 0.3) is 0 Å². The molecule has 0 aliphatic carbocycles. The maximum absolute atomic E-state index is 12.4. The number of thiophene rings is 1. The van der Waals surface area contributed by atoms with Crippen molar-refractivity contribution in [3.05, 3.63) is 75.2 Å². The largest absolute Gasteiger partial charge is 0.351 e. The van der Waals surface area contributed by atoms with E-state index in [0.717, 1.165) is 23.5 Å². The van der Waals surface area contributed by atoms with Gasteiger partial charge in [-0.25, -0.2) is 0 Å². The topological polar surface area (TPSA) is 50.2 Å². The van der Waals surface area contributed by atoms with Crippen LogP contribution in [-0.4, -0.2) is 34.2 Å². The number of carbonyl (C=O) groups excluding carboxylic acids is 1. The second-order valence-electron chi connectivity index (χ2n) is 7.18. The van der Waals surface area contributed by atoms with Crippen molar-refractivity contribution in [2.45, 2.75) is 39.9 Å². The lowest BCUT2D eigenvalue weighted by atomic mass is 10.2. The molecule has 1 aromatic carbocycles. The second kappa shape index (κ2) is 9.17. The summed E-state index contributed by atoms with van der Waals surface area (Å²) in [4.78, 5) is 15.8. The van der Waals surface area contributed by atoms with Crippen LogP contribution in [0.2, 0.25) is 0 Å². The average Bonchev–Trinajstić information content (AvgIpc) is 3.30. The zero-order valence-electron chi connectivity index (χ0n) is 17.0. The average molecular weight is 397 g/mol. The normalized spacial score (nSPS) is 12.3. The van der Waals surface area contributed by atoms with Gasteiger partial charge in [-0.1, -0.05) is 36.4 Å². The maximum atomic E-state index is 12.4. The smallest absolute Gasteiger partial charge is 0.234 e. The van der Waals surface area contributed by atoms with Crippen LogP contribution in [-0.2, 0) is 17.9 Å². The van der Waals surface area contributed by atoms with E-state index < -0.39 is 0 Å². The number of benzene rings is 1. The van der Waals surface area contributed by atoms with E-state index in [2.05, 4.69) is 52.7 Å². The first-order chi connectivity index (χ1) is 13.5. The van der Waals surface area contributed by atoms with Gasteiger partial charge in [-0.3, -0.25) is 14.4 Å². The summed E-state index contributed by atoms with van der Waals surface area (Å²) in [5.74, 6) is 0.0283. The van der Waals surface area contributed by atoms with Gasteiger partial charge in [0.15, 0.2) is 0 Å². The Hall–Kier alpha value is -2.44. The number of likely N-dealkylation sites (N-methyl/N-ethyl adjacent to an activating group) is 1. The molecule has 0 aliphatic rings. The summed E-state index contributed by atoms with van der Waals surface area (Å²) in [5, 5.41) is 9.79. The van der Waals surface area contributed by atoms with E-state index in [4.69, 9.17) is 0 Å². The van der Waals surface area contributed by atoms with Gasteiger partial charge < -0.3 is 5.32 Å². The number of aryl methyl sites for hydroxylation is 1. The SMILES string of the molecule is Cc1nn(Cc2ccccc2)c(C)c1CNC(=O)CN(C)C(C)c1cccs1. The summed E-state index contributed by atoms with van der Waals surface area (Å²) in [6.07, 6.45) is 0. The number of aromatic nitrogens is 2. The molecule has 0 saturated carbocycles. The van der Waals surface area contributed by atoms with Crippen molar-refractivity contribution in [2.24, 2.45) is 0 Å². The third-order valence-corrected chi connectivity index (χ3v) is 6.22. The minimum absolute atomic E-state index is 0.0283. The number of rotatable bonds is 8. The predicted octanol–water partition coefficient (Wildman–Crippen LogP) is 3.92. The van der Waals surface area contributed by atoms with Gasteiger partial charge >= 0.3 is 0 Å². The van der Waals surface area contributed by atoms with Crippen molar-refractivity contribution in [3.63, 3.8) is 0 Å². The molecule has 1 atom stereocenters. The summed E-state index contributed by atoms with van der Waals surface area (Å²) in [6.45, 7) is 7.81. The molecule has 0 spiro atoms. The summed E-state index contributed by atoms with van der Waals surface area (Å²) in [6, 6.07) is 14.7. The van der Waals surface area contributed by atoms with Gasteiger partial charge in [-0.15, -0.1) is 11.3 Å². The van der Waals surface area contributed by atoms with Crippen molar-refractivity contribution in [2.75, 3.05) is 13.6 Å². The fourth-order valence-electron chi connectivity index (χ4n) is 3.25. The van der Waals surface area contributed by atoms with Gasteiger partial charge in [-0.05, 0) is 44.8 Å². The second-order valence-corrected chi connectivity index (χ2v) is 8.16. The first-order valence-electron chi connectivity index (χ1n) is 9.53. The van der Waals surface area contributed by atoms with E-state index in [1.807, 2.05) is 42.9 Å². The Kier molecular flexibility index (Phi) is 6.65. The molecule has 3 rings (SSSR count). The molecule has 1 amide bonds. The highest BCUT2D eigenvalue weighted by molar-refractivity contribution is 7.10. The van der Waals surface area contributed by atoms with Crippen molar-refractivity contribution >= 4 is 17.2 Å². The molecule has 28 heavy (non-hydrogen) atoms. The Morgan fingerprint density at radius 1 is 1.21 bits per heavy atom. The molecule has 3 aromatic rings. The Balaban J connectivity index is 1.57. The summed E-state index contributed by atoms with van der Waals surface area (Å²) in [7, 11) is 1.98. The first-order valence-corrected chi connectivity index (χ1v) is 10.4. The molecule has 148 valence electrons. The zero-order valence-corrected chi connectivity index (χ0v) is 17.8. The lowest BCUT2D eigenvalue weighted by molar-refractivity contribution is -0.122. The number of hydrogen-bond acceptors (Lipinski definition) is 4. The molecule has 2 heterocycles. The lowest BCUT2D eigenvalue weighted by Crippen LogP contribution is -2.36. The van der Waals surface area contributed by atoms with Crippen LogP contribution in [0.25, 0.3) is 0 Å². The summed E-state index contributed by atoms with van der Waals surface area (Å²) < 4.78 is 2.01. The van der Waals surface area contributed by atoms with Gasteiger partial charge in [0.1, 0.15) is 0 Å². The van der Waals surface area contributed by atoms with Crippen LogP contribution in [0.3, 0.4) is 0 Å². The first kappa shape index (κ1) is 20.3. The molecule has 0 bridgehead atoms. The molecule has 0 fully saturated rings. The van der Waals surface area contributed by atoms with E-state index in [1.165, 1.54) is 10.4 Å². The van der Waals surface area contributed by atoms with Gasteiger partial charge in [-0.2, -0.15) is 5.10 Å². The van der Waals surface area contributed by atoms with E-state index in [-0.39, 0.29) is 11.9 Å². The van der Waals surface area contributed by atoms with Crippen molar-refractivity contribution in [1.82, 2.24) is 20.0 Å². The van der Waals surface area contributed by atoms with Crippen molar-refractivity contribution in [1.29, 1.82) is 0 Å². The van der Waals surface area contributed by atoms with Gasteiger partial charge in [0, 0.05) is 28.7 Å². The van der Waals surface area contributed by atoms with Gasteiger partial charge in [0.05, 0.1) is 18.8 Å². The molecule has 6 heteroatoms. The van der Waals surface area contributed by atoms with E-state index in [1.54, 1.807) is 11.3 Å². The highest BCUT2D eigenvalue weighted by Crippen LogP contribution is 2.23. The van der Waals surface area contributed by atoms with Crippen molar-refractivity contribution < 1.29 is 4.79 Å². The highest BCUT2D eigenvalue weighted by Gasteiger charge is 2.17. The van der Waals surface area contributed by atoms with Gasteiger partial charge in [0.2, 0.25) is 5.91 Å². The van der Waals surface area contributed by atoms with Crippen LogP contribution in [0.1, 0.15) is 40.4 Å². The molecular formula is C22H28N4OS. The standard InChI is InChI=1S/C22H28N4OS/c1-16-20(17(2)26(24-16)14-19-9-6-5-7-10-19)13-23-22(27)15-25(4)18(3)21-11-8-12-28-21/h5-12,18H,13-15H2,1-4H3,(H,23,27). The Labute approximate surface area is 171 Å². The molecular weight excluding hydrogens is 368 g/mol. The van der Waals surface area contributed by atoms with Crippen LogP contribution >= 0.6 is 11.3 Å².